The van der Waals surface area contributed by atoms with Crippen molar-refractivity contribution in [3.05, 3.63) is 0 Å². The van der Waals surface area contributed by atoms with E-state index in [2.05, 4.69) is 10.6 Å². The minimum atomic E-state index is -0.741. The van der Waals surface area contributed by atoms with Gasteiger partial charge in [-0.25, -0.2) is 4.79 Å². The van der Waals surface area contributed by atoms with Crippen LogP contribution in [0.4, 0.5) is 4.79 Å². The molecule has 0 saturated heterocycles. The van der Waals surface area contributed by atoms with Gasteiger partial charge in [0.2, 0.25) is 0 Å². The molecule has 0 atom stereocenters. The van der Waals surface area contributed by atoms with Crippen LogP contribution in [0, 0.1) is 5.41 Å². The van der Waals surface area contributed by atoms with Gasteiger partial charge in [0.25, 0.3) is 0 Å². The highest BCUT2D eigenvalue weighted by molar-refractivity contribution is 5.73. The van der Waals surface area contributed by atoms with Crippen molar-refractivity contribution in [3.63, 3.8) is 0 Å². The summed E-state index contributed by atoms with van der Waals surface area (Å²) in [6.07, 6.45) is 7.03. The Morgan fingerprint density at radius 3 is 2.48 bits per heavy atom. The molecule has 0 heterocycles. The second-order valence-electron chi connectivity index (χ2n) is 5.91. The lowest BCUT2D eigenvalue weighted by Crippen LogP contribution is -2.39. The second kappa shape index (κ2) is 9.60. The third-order valence-corrected chi connectivity index (χ3v) is 4.02. The summed E-state index contributed by atoms with van der Waals surface area (Å²) >= 11 is 0. The lowest BCUT2D eigenvalue weighted by atomic mass is 10.0. The van der Waals surface area contributed by atoms with Gasteiger partial charge in [-0.3, -0.25) is 4.79 Å². The highest BCUT2D eigenvalue weighted by Gasteiger charge is 2.42. The van der Waals surface area contributed by atoms with E-state index >= 15 is 0 Å². The van der Waals surface area contributed by atoms with E-state index in [1.54, 1.807) is 7.11 Å². The Morgan fingerprint density at radius 2 is 1.86 bits per heavy atom. The Kier molecular flexibility index (Phi) is 8.12. The zero-order chi connectivity index (χ0) is 15.6. The van der Waals surface area contributed by atoms with Crippen molar-refractivity contribution in [1.29, 1.82) is 0 Å². The molecule has 0 aromatic rings. The number of rotatable bonds is 12. The minimum Gasteiger partial charge on any atom is -0.481 e. The summed E-state index contributed by atoms with van der Waals surface area (Å²) in [5, 5.41) is 14.3. The summed E-state index contributed by atoms with van der Waals surface area (Å²) in [4.78, 5) is 22.0. The van der Waals surface area contributed by atoms with E-state index in [4.69, 9.17) is 9.84 Å². The molecule has 2 amide bonds. The number of urea groups is 1. The van der Waals surface area contributed by atoms with Crippen LogP contribution in [-0.2, 0) is 9.53 Å². The van der Waals surface area contributed by atoms with Crippen LogP contribution >= 0.6 is 0 Å². The van der Waals surface area contributed by atoms with Crippen LogP contribution < -0.4 is 10.6 Å². The van der Waals surface area contributed by atoms with Gasteiger partial charge in [0.1, 0.15) is 0 Å². The zero-order valence-corrected chi connectivity index (χ0v) is 13.0. The Labute approximate surface area is 126 Å². The van der Waals surface area contributed by atoms with E-state index in [9.17, 15) is 9.59 Å². The molecule has 0 radical (unpaired) electrons. The molecule has 122 valence electrons. The smallest absolute Gasteiger partial charge is 0.314 e. The van der Waals surface area contributed by atoms with Gasteiger partial charge >= 0.3 is 12.0 Å². The third-order valence-electron chi connectivity index (χ3n) is 4.02. The summed E-state index contributed by atoms with van der Waals surface area (Å²) in [5.41, 5.74) is 0.268. The summed E-state index contributed by atoms with van der Waals surface area (Å²) < 4.78 is 5.09. The fourth-order valence-electron chi connectivity index (χ4n) is 2.30. The van der Waals surface area contributed by atoms with Crippen LogP contribution in [0.15, 0.2) is 0 Å². The van der Waals surface area contributed by atoms with Crippen molar-refractivity contribution in [2.45, 2.75) is 51.4 Å². The Morgan fingerprint density at radius 1 is 1.14 bits per heavy atom. The van der Waals surface area contributed by atoms with E-state index in [-0.39, 0.29) is 17.9 Å². The van der Waals surface area contributed by atoms with Gasteiger partial charge in [-0.15, -0.1) is 0 Å². The molecule has 1 rings (SSSR count). The third kappa shape index (κ3) is 8.55. The van der Waals surface area contributed by atoms with Crippen LogP contribution in [0.2, 0.25) is 0 Å². The van der Waals surface area contributed by atoms with E-state index < -0.39 is 5.97 Å². The summed E-state index contributed by atoms with van der Waals surface area (Å²) in [6.45, 7) is 2.12. The fourth-order valence-corrected chi connectivity index (χ4v) is 2.30. The molecule has 21 heavy (non-hydrogen) atoms. The fraction of sp³-hybridized carbons (Fsp3) is 0.867. The molecule has 0 aromatic carbocycles. The lowest BCUT2D eigenvalue weighted by molar-refractivity contribution is -0.137. The maximum absolute atomic E-state index is 11.6. The molecular formula is C15H28N2O4. The monoisotopic (exact) mass is 300 g/mol. The first kappa shape index (κ1) is 17.8. The normalized spacial score (nSPS) is 15.5. The quantitative estimate of drug-likeness (QED) is 0.482. The largest absolute Gasteiger partial charge is 0.481 e. The van der Waals surface area contributed by atoms with E-state index in [0.717, 1.165) is 38.8 Å². The first-order valence-corrected chi connectivity index (χ1v) is 7.80. The topological polar surface area (TPSA) is 87.7 Å². The van der Waals surface area contributed by atoms with E-state index in [1.165, 1.54) is 12.8 Å². The number of amides is 2. The number of carboxylic acid groups (broad SMARTS) is 1. The number of ether oxygens (including phenoxy) is 1. The van der Waals surface area contributed by atoms with Crippen LogP contribution in [-0.4, -0.2) is 43.9 Å². The van der Waals surface area contributed by atoms with Crippen LogP contribution in [0.25, 0.3) is 0 Å². The molecule has 1 aliphatic rings. The summed E-state index contributed by atoms with van der Waals surface area (Å²) in [6, 6.07) is -0.107. The van der Waals surface area contributed by atoms with Crippen molar-refractivity contribution in [2.24, 2.45) is 5.41 Å². The van der Waals surface area contributed by atoms with Crippen LogP contribution in [0.5, 0.6) is 0 Å². The molecule has 1 fully saturated rings. The number of hydrogen-bond acceptors (Lipinski definition) is 3. The van der Waals surface area contributed by atoms with Crippen LogP contribution in [0.3, 0.4) is 0 Å². The van der Waals surface area contributed by atoms with Gasteiger partial charge in [0.05, 0.1) is 0 Å². The molecule has 1 saturated carbocycles. The predicted octanol–water partition coefficient (Wildman–Crippen LogP) is 2.14. The van der Waals surface area contributed by atoms with Gasteiger partial charge in [-0.05, 0) is 37.5 Å². The van der Waals surface area contributed by atoms with E-state index in [0.29, 0.717) is 13.0 Å². The van der Waals surface area contributed by atoms with Gasteiger partial charge < -0.3 is 20.5 Å². The van der Waals surface area contributed by atoms with Crippen molar-refractivity contribution in [3.8, 4) is 0 Å². The highest BCUT2D eigenvalue weighted by atomic mass is 16.5. The van der Waals surface area contributed by atoms with Crippen molar-refractivity contribution < 1.29 is 19.4 Å². The maximum Gasteiger partial charge on any atom is 0.314 e. The lowest BCUT2D eigenvalue weighted by Gasteiger charge is -2.15. The van der Waals surface area contributed by atoms with Gasteiger partial charge in [0, 0.05) is 33.2 Å². The number of carbonyl (C=O) groups is 2. The number of hydrogen-bond donors (Lipinski definition) is 3. The van der Waals surface area contributed by atoms with Crippen molar-refractivity contribution in [2.75, 3.05) is 26.8 Å². The molecule has 0 aromatic heterocycles. The first-order chi connectivity index (χ1) is 10.1. The molecule has 0 spiro atoms. The Bertz CT molecular complexity index is 330. The Hall–Kier alpha value is -1.30. The van der Waals surface area contributed by atoms with Gasteiger partial charge in [0.15, 0.2) is 0 Å². The molecule has 1 aliphatic carbocycles. The van der Waals surface area contributed by atoms with Gasteiger partial charge in [-0.1, -0.05) is 12.8 Å². The molecule has 0 bridgehead atoms. The predicted molar refractivity (Wildman–Crippen MR) is 80.3 cm³/mol. The number of aliphatic carboxylic acids is 1. The van der Waals surface area contributed by atoms with Crippen molar-refractivity contribution in [1.82, 2.24) is 10.6 Å². The summed E-state index contributed by atoms with van der Waals surface area (Å²) in [5.74, 6) is -0.741. The number of methoxy groups -OCH3 is 1. The maximum atomic E-state index is 11.6. The number of carbonyl (C=O) groups excluding carboxylic acids is 1. The first-order valence-electron chi connectivity index (χ1n) is 7.80. The molecule has 3 N–H and O–H groups in total. The Balaban J connectivity index is 1.93. The van der Waals surface area contributed by atoms with Crippen molar-refractivity contribution >= 4 is 12.0 Å². The minimum absolute atomic E-state index is 0.107. The molecule has 6 heteroatoms. The average molecular weight is 300 g/mol. The second-order valence-corrected chi connectivity index (χ2v) is 5.91. The number of carboxylic acids is 1. The summed E-state index contributed by atoms with van der Waals surface area (Å²) in [7, 11) is 1.70. The van der Waals surface area contributed by atoms with Crippen LogP contribution in [0.1, 0.15) is 51.4 Å². The highest BCUT2D eigenvalue weighted by Crippen LogP contribution is 2.48. The molecule has 6 nitrogen and oxygen atoms in total. The number of nitrogens with one attached hydrogen (secondary N) is 2. The SMILES string of the molecule is COCCC1(CNC(=O)NCCCCCCC(=O)O)CC1. The number of unbranched alkanes of at least 4 members (excludes halogenated alkanes) is 3. The van der Waals surface area contributed by atoms with E-state index in [1.807, 2.05) is 0 Å². The molecule has 0 aliphatic heterocycles. The zero-order valence-electron chi connectivity index (χ0n) is 13.0. The molecular weight excluding hydrogens is 272 g/mol. The average Bonchev–Trinajstić information content (AvgIpc) is 3.22. The molecule has 0 unspecified atom stereocenters. The standard InChI is InChI=1S/C15H28N2O4/c1-21-11-9-15(7-8-15)12-17-14(20)16-10-5-3-2-4-6-13(18)19/h2-12H2,1H3,(H,18,19)(H2,16,17,20). The van der Waals surface area contributed by atoms with Gasteiger partial charge in [-0.2, -0.15) is 0 Å².